The van der Waals surface area contributed by atoms with Gasteiger partial charge in [-0.25, -0.2) is 4.39 Å². The van der Waals surface area contributed by atoms with Crippen molar-refractivity contribution in [1.29, 1.82) is 0 Å². The molecule has 146 valence electrons. The standard InChI is InChI=1S/C23H24FNO3/c1-26-21-7-5-16-11-18(4-3-17(16)13-21)23-15-25(9-10-28-23)14-19-12-20(24)6-8-22(19)27-2/h3-8,11-13,23H,9-10,14-15H2,1-2H3/t23-/m1/s1. The van der Waals surface area contributed by atoms with E-state index < -0.39 is 0 Å². The molecule has 3 aromatic carbocycles. The summed E-state index contributed by atoms with van der Waals surface area (Å²) in [5.74, 6) is 1.32. The van der Waals surface area contributed by atoms with E-state index in [-0.39, 0.29) is 11.9 Å². The van der Waals surface area contributed by atoms with Gasteiger partial charge in [0.25, 0.3) is 0 Å². The summed E-state index contributed by atoms with van der Waals surface area (Å²) in [6.07, 6.45) is -0.0141. The molecule has 0 spiro atoms. The van der Waals surface area contributed by atoms with Crippen LogP contribution in [-0.2, 0) is 11.3 Å². The highest BCUT2D eigenvalue weighted by molar-refractivity contribution is 5.84. The van der Waals surface area contributed by atoms with Crippen molar-refractivity contribution in [3.63, 3.8) is 0 Å². The van der Waals surface area contributed by atoms with Gasteiger partial charge in [-0.05, 0) is 52.7 Å². The summed E-state index contributed by atoms with van der Waals surface area (Å²) in [6, 6.07) is 17.1. The van der Waals surface area contributed by atoms with Gasteiger partial charge in [-0.2, -0.15) is 0 Å². The van der Waals surface area contributed by atoms with Crippen LogP contribution in [0.15, 0.2) is 54.6 Å². The van der Waals surface area contributed by atoms with E-state index in [0.717, 1.165) is 40.7 Å². The van der Waals surface area contributed by atoms with Gasteiger partial charge in [-0.3, -0.25) is 4.90 Å². The third kappa shape index (κ3) is 3.96. The fourth-order valence-corrected chi connectivity index (χ4v) is 3.73. The van der Waals surface area contributed by atoms with Crippen molar-refractivity contribution in [3.8, 4) is 11.5 Å². The molecule has 1 aliphatic rings. The maximum absolute atomic E-state index is 13.7. The molecular formula is C23H24FNO3. The molecular weight excluding hydrogens is 357 g/mol. The number of methoxy groups -OCH3 is 2. The van der Waals surface area contributed by atoms with Crippen molar-refractivity contribution in [2.75, 3.05) is 33.9 Å². The molecule has 4 nitrogen and oxygen atoms in total. The first kappa shape index (κ1) is 18.7. The average molecular weight is 381 g/mol. The molecule has 0 N–H and O–H groups in total. The molecule has 0 aromatic heterocycles. The van der Waals surface area contributed by atoms with Gasteiger partial charge in [0.1, 0.15) is 17.3 Å². The first-order chi connectivity index (χ1) is 13.7. The van der Waals surface area contributed by atoms with E-state index in [1.165, 1.54) is 6.07 Å². The molecule has 4 rings (SSSR count). The van der Waals surface area contributed by atoms with Crippen LogP contribution in [0, 0.1) is 5.82 Å². The zero-order valence-corrected chi connectivity index (χ0v) is 16.2. The molecule has 0 aliphatic carbocycles. The third-order valence-corrected chi connectivity index (χ3v) is 5.23. The second kappa shape index (κ2) is 8.17. The van der Waals surface area contributed by atoms with Crippen LogP contribution in [0.1, 0.15) is 17.2 Å². The molecule has 0 bridgehead atoms. The van der Waals surface area contributed by atoms with Crippen LogP contribution in [-0.4, -0.2) is 38.8 Å². The fourth-order valence-electron chi connectivity index (χ4n) is 3.73. The number of nitrogens with zero attached hydrogens (tertiary/aromatic N) is 1. The van der Waals surface area contributed by atoms with E-state index in [1.54, 1.807) is 26.4 Å². The highest BCUT2D eigenvalue weighted by Gasteiger charge is 2.23. The molecule has 28 heavy (non-hydrogen) atoms. The van der Waals surface area contributed by atoms with Crippen LogP contribution in [0.5, 0.6) is 11.5 Å². The van der Waals surface area contributed by atoms with E-state index in [1.807, 2.05) is 12.1 Å². The molecule has 1 atom stereocenters. The number of halogens is 1. The number of fused-ring (bicyclic) bond motifs is 1. The van der Waals surface area contributed by atoms with Crippen molar-refractivity contribution >= 4 is 10.8 Å². The molecule has 3 aromatic rings. The van der Waals surface area contributed by atoms with Gasteiger partial charge in [-0.15, -0.1) is 0 Å². The summed E-state index contributed by atoms with van der Waals surface area (Å²) in [4.78, 5) is 2.28. The quantitative estimate of drug-likeness (QED) is 0.648. The van der Waals surface area contributed by atoms with Gasteiger partial charge in [0.05, 0.1) is 26.9 Å². The Balaban J connectivity index is 1.52. The summed E-state index contributed by atoms with van der Waals surface area (Å²) >= 11 is 0. The van der Waals surface area contributed by atoms with Gasteiger partial charge in [-0.1, -0.05) is 18.2 Å². The predicted octanol–water partition coefficient (Wildman–Crippen LogP) is 4.57. The van der Waals surface area contributed by atoms with E-state index in [4.69, 9.17) is 14.2 Å². The van der Waals surface area contributed by atoms with Gasteiger partial charge >= 0.3 is 0 Å². The van der Waals surface area contributed by atoms with Gasteiger partial charge < -0.3 is 14.2 Å². The maximum Gasteiger partial charge on any atom is 0.123 e. The Morgan fingerprint density at radius 1 is 1.00 bits per heavy atom. The van der Waals surface area contributed by atoms with Gasteiger partial charge in [0, 0.05) is 25.2 Å². The van der Waals surface area contributed by atoms with Crippen molar-refractivity contribution in [3.05, 3.63) is 71.5 Å². The first-order valence-electron chi connectivity index (χ1n) is 9.40. The molecule has 0 radical (unpaired) electrons. The van der Waals surface area contributed by atoms with Crippen LogP contribution in [0.25, 0.3) is 10.8 Å². The lowest BCUT2D eigenvalue weighted by atomic mass is 10.0. The Hall–Kier alpha value is -2.63. The van der Waals surface area contributed by atoms with Crippen LogP contribution >= 0.6 is 0 Å². The van der Waals surface area contributed by atoms with Crippen LogP contribution in [0.3, 0.4) is 0 Å². The lowest BCUT2D eigenvalue weighted by Gasteiger charge is -2.33. The zero-order chi connectivity index (χ0) is 19.5. The zero-order valence-electron chi connectivity index (χ0n) is 16.2. The monoisotopic (exact) mass is 381 g/mol. The first-order valence-corrected chi connectivity index (χ1v) is 9.40. The van der Waals surface area contributed by atoms with Crippen molar-refractivity contribution in [1.82, 2.24) is 4.90 Å². The largest absolute Gasteiger partial charge is 0.497 e. The number of hydrogen-bond acceptors (Lipinski definition) is 4. The number of morpholine rings is 1. The maximum atomic E-state index is 13.7. The second-order valence-electron chi connectivity index (χ2n) is 7.02. The topological polar surface area (TPSA) is 30.9 Å². The van der Waals surface area contributed by atoms with E-state index in [2.05, 4.69) is 29.2 Å². The Bertz CT molecular complexity index is 975. The van der Waals surface area contributed by atoms with E-state index in [9.17, 15) is 4.39 Å². The number of hydrogen-bond donors (Lipinski definition) is 0. The summed E-state index contributed by atoms with van der Waals surface area (Å²) in [6.45, 7) is 2.83. The average Bonchev–Trinajstić information content (AvgIpc) is 2.73. The molecule has 0 saturated carbocycles. The lowest BCUT2D eigenvalue weighted by Crippen LogP contribution is -2.37. The van der Waals surface area contributed by atoms with E-state index in [0.29, 0.717) is 18.9 Å². The Morgan fingerprint density at radius 3 is 2.64 bits per heavy atom. The number of ether oxygens (including phenoxy) is 3. The normalized spacial score (nSPS) is 17.6. The van der Waals surface area contributed by atoms with Crippen LogP contribution in [0.2, 0.25) is 0 Å². The SMILES string of the molecule is COc1ccc2cc([C@H]3CN(Cc4cc(F)ccc4OC)CCO3)ccc2c1. The molecule has 1 heterocycles. The van der Waals surface area contributed by atoms with Crippen molar-refractivity contribution in [2.24, 2.45) is 0 Å². The van der Waals surface area contributed by atoms with Gasteiger partial charge in [0.15, 0.2) is 0 Å². The smallest absolute Gasteiger partial charge is 0.123 e. The van der Waals surface area contributed by atoms with E-state index >= 15 is 0 Å². The molecule has 5 heteroatoms. The number of benzene rings is 3. The minimum Gasteiger partial charge on any atom is -0.497 e. The Kier molecular flexibility index (Phi) is 5.46. The summed E-state index contributed by atoms with van der Waals surface area (Å²) < 4.78 is 30.4. The van der Waals surface area contributed by atoms with Crippen molar-refractivity contribution in [2.45, 2.75) is 12.6 Å². The summed E-state index contributed by atoms with van der Waals surface area (Å²) in [7, 11) is 3.29. The summed E-state index contributed by atoms with van der Waals surface area (Å²) in [5, 5.41) is 2.30. The second-order valence-corrected chi connectivity index (χ2v) is 7.02. The third-order valence-electron chi connectivity index (χ3n) is 5.23. The highest BCUT2D eigenvalue weighted by Crippen LogP contribution is 2.29. The number of rotatable bonds is 5. The Morgan fingerprint density at radius 2 is 1.82 bits per heavy atom. The predicted molar refractivity (Wildman–Crippen MR) is 107 cm³/mol. The minimum absolute atomic E-state index is 0.0141. The Labute approximate surface area is 164 Å². The molecule has 1 fully saturated rings. The molecule has 0 amide bonds. The fraction of sp³-hybridized carbons (Fsp3) is 0.304. The van der Waals surface area contributed by atoms with Crippen LogP contribution in [0.4, 0.5) is 4.39 Å². The molecule has 0 unspecified atom stereocenters. The van der Waals surface area contributed by atoms with Gasteiger partial charge in [0.2, 0.25) is 0 Å². The van der Waals surface area contributed by atoms with Crippen molar-refractivity contribution < 1.29 is 18.6 Å². The van der Waals surface area contributed by atoms with Crippen LogP contribution < -0.4 is 9.47 Å². The molecule has 1 saturated heterocycles. The minimum atomic E-state index is -0.245. The summed E-state index contributed by atoms with van der Waals surface area (Å²) in [5.41, 5.74) is 2.00. The highest BCUT2D eigenvalue weighted by atomic mass is 19.1. The molecule has 1 aliphatic heterocycles. The lowest BCUT2D eigenvalue weighted by molar-refractivity contribution is -0.0330.